The second-order valence-corrected chi connectivity index (χ2v) is 32.5. The Balaban J connectivity index is -0.00000102. The quantitative estimate of drug-likeness (QED) is 0.108. The fraction of sp³-hybridized carbons (Fsp3) is 0.739. The SMILES string of the molecule is C.C.C.C.C.C.C.CC(C)(C)[Si](C)(C)OC1CCCC(CO)C1.CC1C(=O)CCCC1CN1C(=O)c2ccccc2C1=O.CC1C(CCS(C)(=O)=O)CCCC1(F)F.COC(=O)C1CCCC(O)C1.O=C1c2ccccc2C(=O)N1CC1CCCC(O)C1. The molecule has 2 heterocycles. The Morgan fingerprint density at radius 3 is 1.56 bits per heavy atom. The Kier molecular flexibility index (Phi) is 39.2. The van der Waals surface area contributed by atoms with Crippen molar-refractivity contribution in [2.45, 2.75) is 251 Å². The van der Waals surface area contributed by atoms with Gasteiger partial charge in [0.05, 0.1) is 53.2 Å². The third kappa shape index (κ3) is 24.7. The number of aliphatic hydroxyl groups is 3. The number of halogens is 2. The molecule has 88 heavy (non-hydrogen) atoms. The number of benzene rings is 2. The van der Waals surface area contributed by atoms with Crippen molar-refractivity contribution in [3.05, 3.63) is 70.8 Å². The van der Waals surface area contributed by atoms with E-state index >= 15 is 0 Å². The first kappa shape index (κ1) is 87.9. The van der Waals surface area contributed by atoms with E-state index in [0.29, 0.717) is 91.1 Å². The van der Waals surface area contributed by atoms with Crippen LogP contribution in [0.3, 0.4) is 0 Å². The number of carbonyl (C=O) groups is 6. The Labute approximate surface area is 533 Å². The van der Waals surface area contributed by atoms with Crippen LogP contribution in [0.15, 0.2) is 48.5 Å². The lowest BCUT2D eigenvalue weighted by atomic mass is 9.76. The van der Waals surface area contributed by atoms with E-state index in [1.807, 2.05) is 6.92 Å². The van der Waals surface area contributed by atoms with Crippen molar-refractivity contribution in [1.29, 1.82) is 0 Å². The first-order chi connectivity index (χ1) is 38.0. The van der Waals surface area contributed by atoms with Gasteiger partial charge in [0.2, 0.25) is 0 Å². The molecule has 0 spiro atoms. The number of sulfone groups is 1. The average Bonchev–Trinajstić information content (AvgIpc) is 2.74. The van der Waals surface area contributed by atoms with E-state index in [4.69, 9.17) is 4.43 Å². The predicted molar refractivity (Wildman–Crippen MR) is 357 cm³/mol. The zero-order valence-corrected chi connectivity index (χ0v) is 51.5. The maximum absolute atomic E-state index is 13.3. The molecule has 15 nitrogen and oxygen atoms in total. The van der Waals surface area contributed by atoms with Gasteiger partial charge in [-0.3, -0.25) is 38.6 Å². The number of imide groups is 2. The third-order valence-corrected chi connectivity index (χ3v) is 23.9. The first-order valence-corrected chi connectivity index (χ1v) is 34.7. The molecular weight excluding hydrogens is 1160 g/mol. The minimum absolute atomic E-state index is 0. The van der Waals surface area contributed by atoms with Gasteiger partial charge in [-0.05, 0) is 156 Å². The lowest BCUT2D eigenvalue weighted by Crippen LogP contribution is -2.45. The van der Waals surface area contributed by atoms with Gasteiger partial charge in [-0.2, -0.15) is 0 Å². The maximum Gasteiger partial charge on any atom is 0.308 e. The van der Waals surface area contributed by atoms with Crippen molar-refractivity contribution >= 4 is 53.5 Å². The number of ketones is 1. The van der Waals surface area contributed by atoms with E-state index in [9.17, 15) is 61.3 Å². The molecule has 5 fully saturated rings. The van der Waals surface area contributed by atoms with Crippen molar-refractivity contribution in [3.8, 4) is 0 Å². The fourth-order valence-corrected chi connectivity index (χ4v) is 14.2. The molecule has 7 aliphatic rings. The molecule has 2 aromatic rings. The number of methoxy groups -OCH3 is 1. The molecule has 510 valence electrons. The zero-order chi connectivity index (χ0) is 60.0. The number of ether oxygens (including phenoxy) is 1. The molecule has 2 aliphatic heterocycles. The van der Waals surface area contributed by atoms with Crippen LogP contribution >= 0.6 is 0 Å². The van der Waals surface area contributed by atoms with Gasteiger partial charge in [-0.15, -0.1) is 0 Å². The predicted octanol–water partition coefficient (Wildman–Crippen LogP) is 15.3. The van der Waals surface area contributed by atoms with E-state index in [0.717, 1.165) is 70.5 Å². The van der Waals surface area contributed by atoms with Gasteiger partial charge < -0.3 is 24.5 Å². The Morgan fingerprint density at radius 2 is 1.10 bits per heavy atom. The van der Waals surface area contributed by atoms with Crippen molar-refractivity contribution in [2.24, 2.45) is 41.4 Å². The summed E-state index contributed by atoms with van der Waals surface area (Å²) in [5, 5.41) is 28.4. The van der Waals surface area contributed by atoms with Gasteiger partial charge in [0, 0.05) is 56.7 Å². The topological polar surface area (TPSA) is 222 Å². The van der Waals surface area contributed by atoms with Crippen LogP contribution in [-0.2, 0) is 28.6 Å². The summed E-state index contributed by atoms with van der Waals surface area (Å²) < 4.78 is 59.5. The minimum atomic E-state index is -3.03. The molecule has 4 amide bonds. The van der Waals surface area contributed by atoms with Crippen LogP contribution in [0.25, 0.3) is 0 Å². The number of hydrogen-bond donors (Lipinski definition) is 3. The monoisotopic (exact) mass is 1280 g/mol. The Morgan fingerprint density at radius 1 is 0.648 bits per heavy atom. The standard InChI is InChI=1S/C16H17NO3.C15H17NO3.C13H28O2Si.C10H18F2O2S.C8H14O3.7CH4/c1-10-11(5-4-8-14(10)18)9-17-15(19)12-6-2-3-7-13(12)16(17)20;17-11-5-3-4-10(8-11)9-16-14(18)12-6-1-2-7-13(12)15(16)19;1-13(2,3)16(4,5)15-12-8-6-7-11(9-12)10-14;1-8-9(5-7-15(2,13)14)4-3-6-10(8,11)12;1-11-8(10)6-3-2-4-7(9)5-6;;;;;;;/h2-3,6-7,10-11H,4-5,8-9H2,1H3;1-2,6-7,10-11,17H,3-5,8-9H2;11-12,14H,6-10H2,1-5H3;8-9H,3-7H2,1-2H3;6-7,9H,2-5H2,1H3;7*1H4. The van der Waals surface area contributed by atoms with Gasteiger partial charge in [0.1, 0.15) is 15.6 Å². The van der Waals surface area contributed by atoms with Crippen LogP contribution in [0.1, 0.15) is 250 Å². The Hall–Kier alpha value is -4.27. The van der Waals surface area contributed by atoms with Gasteiger partial charge in [0.15, 0.2) is 8.32 Å². The number of hydrogen-bond acceptors (Lipinski definition) is 13. The molecule has 5 saturated carbocycles. The summed E-state index contributed by atoms with van der Waals surface area (Å²) in [6.45, 7) is 16.0. The van der Waals surface area contributed by atoms with Crippen LogP contribution in [0.4, 0.5) is 8.78 Å². The largest absolute Gasteiger partial charge is 0.469 e. The molecule has 5 aliphatic carbocycles. The molecule has 0 bridgehead atoms. The number of fused-ring (bicyclic) bond motifs is 2. The number of alkyl halides is 2. The lowest BCUT2D eigenvalue weighted by Gasteiger charge is -2.41. The molecule has 3 N–H and O–H groups in total. The maximum atomic E-state index is 13.3. The molecule has 0 aromatic heterocycles. The second-order valence-electron chi connectivity index (χ2n) is 25.5. The number of nitrogens with zero attached hydrogens (tertiary/aromatic N) is 2. The molecular formula is C69H122F2N2O13SSi. The van der Waals surface area contributed by atoms with E-state index in [1.165, 1.54) is 43.1 Å². The van der Waals surface area contributed by atoms with Gasteiger partial charge in [0.25, 0.3) is 29.6 Å². The fourth-order valence-electron chi connectivity index (χ4n) is 12.1. The first-order valence-electron chi connectivity index (χ1n) is 29.7. The number of esters is 1. The number of carbonyl (C=O) groups excluding carboxylic acids is 6. The number of amides is 4. The van der Waals surface area contributed by atoms with Crippen molar-refractivity contribution < 1.29 is 70.4 Å². The third-order valence-electron chi connectivity index (χ3n) is 18.3. The van der Waals surface area contributed by atoms with E-state index in [2.05, 4.69) is 38.6 Å². The van der Waals surface area contributed by atoms with Crippen LogP contribution in [0.2, 0.25) is 18.1 Å². The molecule has 2 aromatic carbocycles. The Bertz CT molecular complexity index is 2510. The number of Topliss-reactive ketones (excluding diaryl/α,β-unsaturated/α-hetero) is 1. The van der Waals surface area contributed by atoms with Gasteiger partial charge >= 0.3 is 5.97 Å². The summed E-state index contributed by atoms with van der Waals surface area (Å²) in [7, 11) is -3.25. The molecule has 10 unspecified atom stereocenters. The number of aliphatic hydroxyl groups excluding tert-OH is 3. The summed E-state index contributed by atoms with van der Waals surface area (Å²) in [5.74, 6) is -3.52. The normalized spacial score (nSPS) is 26.1. The smallest absolute Gasteiger partial charge is 0.308 e. The van der Waals surface area contributed by atoms with E-state index in [-0.39, 0.29) is 141 Å². The van der Waals surface area contributed by atoms with E-state index < -0.39 is 30.0 Å². The minimum Gasteiger partial charge on any atom is -0.469 e. The van der Waals surface area contributed by atoms with Crippen molar-refractivity contribution in [2.75, 3.05) is 38.8 Å². The summed E-state index contributed by atoms with van der Waals surface area (Å²) in [5.41, 5.74) is 1.97. The highest BCUT2D eigenvalue weighted by molar-refractivity contribution is 7.90. The zero-order valence-electron chi connectivity index (χ0n) is 49.6. The second kappa shape index (κ2) is 39.2. The molecule has 0 radical (unpaired) electrons. The number of rotatable bonds is 11. The molecule has 9 rings (SSSR count). The van der Waals surface area contributed by atoms with Gasteiger partial charge in [-0.25, -0.2) is 17.2 Å². The molecule has 10 atom stereocenters. The summed E-state index contributed by atoms with van der Waals surface area (Å²) in [6.07, 6.45) is 16.2. The molecule has 0 saturated heterocycles. The van der Waals surface area contributed by atoms with Gasteiger partial charge in [-0.1, -0.05) is 130 Å². The van der Waals surface area contributed by atoms with Crippen LogP contribution in [0, 0.1) is 41.4 Å². The lowest BCUT2D eigenvalue weighted by molar-refractivity contribution is -0.147. The highest BCUT2D eigenvalue weighted by Gasteiger charge is 2.45. The van der Waals surface area contributed by atoms with Crippen molar-refractivity contribution in [1.82, 2.24) is 9.80 Å². The highest BCUT2D eigenvalue weighted by Crippen LogP contribution is 2.44. The van der Waals surface area contributed by atoms with Crippen LogP contribution in [0.5, 0.6) is 0 Å². The summed E-state index contributed by atoms with van der Waals surface area (Å²) in [4.78, 5) is 74.4. The molecule has 19 heteroatoms. The van der Waals surface area contributed by atoms with E-state index in [1.54, 1.807) is 48.5 Å². The van der Waals surface area contributed by atoms with Crippen LogP contribution < -0.4 is 0 Å². The van der Waals surface area contributed by atoms with Crippen LogP contribution in [-0.4, -0.2) is 140 Å². The van der Waals surface area contributed by atoms with Crippen molar-refractivity contribution in [3.63, 3.8) is 0 Å². The highest BCUT2D eigenvalue weighted by atomic mass is 32.2. The summed E-state index contributed by atoms with van der Waals surface area (Å²) >= 11 is 0. The summed E-state index contributed by atoms with van der Waals surface area (Å²) in [6, 6.07) is 13.9. The average molecular weight is 1290 g/mol.